The average Bonchev–Trinajstić information content (AvgIpc) is 2.64. The van der Waals surface area contributed by atoms with E-state index in [1.54, 1.807) is 11.3 Å². The third-order valence-electron chi connectivity index (χ3n) is 3.64. The molecule has 0 saturated carbocycles. The minimum atomic E-state index is -0.438. The number of carbonyl (C=O) groups is 1. The molecular weight excluding hydrogens is 400 g/mol. The Morgan fingerprint density at radius 3 is 2.83 bits per heavy atom. The zero-order chi connectivity index (χ0) is 17.0. The molecule has 1 aliphatic heterocycles. The summed E-state index contributed by atoms with van der Waals surface area (Å²) < 4.78 is 7.21. The van der Waals surface area contributed by atoms with E-state index in [2.05, 4.69) is 27.3 Å². The Balaban J connectivity index is 1.80. The second-order valence-electron chi connectivity index (χ2n) is 6.81. The van der Waals surface area contributed by atoms with Crippen LogP contribution in [0.15, 0.2) is 10.5 Å². The molecule has 1 aromatic rings. The fraction of sp³-hybridized carbons (Fsp3) is 0.688. The lowest BCUT2D eigenvalue weighted by Crippen LogP contribution is -2.38. The lowest BCUT2D eigenvalue weighted by Gasteiger charge is -2.26. The molecule has 23 heavy (non-hydrogen) atoms. The highest BCUT2D eigenvalue weighted by Gasteiger charge is 2.25. The first-order chi connectivity index (χ1) is 10.7. The molecule has 1 atom stereocenters. The van der Waals surface area contributed by atoms with E-state index in [-0.39, 0.29) is 6.09 Å². The van der Waals surface area contributed by atoms with E-state index in [9.17, 15) is 4.79 Å². The summed E-state index contributed by atoms with van der Waals surface area (Å²) in [5.74, 6) is 0. The second-order valence-corrected chi connectivity index (χ2v) is 9.40. The van der Waals surface area contributed by atoms with Crippen molar-refractivity contribution in [3.05, 3.63) is 19.8 Å². The van der Waals surface area contributed by atoms with Crippen molar-refractivity contribution in [3.63, 3.8) is 0 Å². The molecule has 0 aromatic carbocycles. The number of rotatable bonds is 3. The fourth-order valence-electron chi connectivity index (χ4n) is 2.53. The van der Waals surface area contributed by atoms with E-state index in [0.717, 1.165) is 47.7 Å². The number of hydrogen-bond donors (Lipinski definition) is 1. The molecule has 1 saturated heterocycles. The molecule has 0 spiro atoms. The van der Waals surface area contributed by atoms with Crippen LogP contribution in [-0.2, 0) is 11.3 Å². The van der Waals surface area contributed by atoms with Gasteiger partial charge in [-0.2, -0.15) is 0 Å². The monoisotopic (exact) mass is 422 g/mol. The van der Waals surface area contributed by atoms with Crippen molar-refractivity contribution >= 4 is 45.0 Å². The molecule has 1 N–H and O–H groups in total. The van der Waals surface area contributed by atoms with Gasteiger partial charge in [0.15, 0.2) is 0 Å². The van der Waals surface area contributed by atoms with Gasteiger partial charge in [-0.3, -0.25) is 0 Å². The number of nitrogens with zero attached hydrogens (tertiary/aromatic N) is 1. The van der Waals surface area contributed by atoms with E-state index in [4.69, 9.17) is 16.3 Å². The number of halogens is 2. The van der Waals surface area contributed by atoms with Gasteiger partial charge in [0.05, 0.1) is 0 Å². The van der Waals surface area contributed by atoms with Crippen molar-refractivity contribution in [2.75, 3.05) is 13.1 Å². The lowest BCUT2D eigenvalue weighted by atomic mass is 10.1. The summed E-state index contributed by atoms with van der Waals surface area (Å²) >= 11 is 11.1. The van der Waals surface area contributed by atoms with Gasteiger partial charge < -0.3 is 15.0 Å². The molecule has 0 aliphatic carbocycles. The smallest absolute Gasteiger partial charge is 0.410 e. The maximum Gasteiger partial charge on any atom is 0.410 e. The number of thiophene rings is 1. The van der Waals surface area contributed by atoms with Crippen molar-refractivity contribution < 1.29 is 9.53 Å². The van der Waals surface area contributed by atoms with Gasteiger partial charge in [-0.15, -0.1) is 11.3 Å². The largest absolute Gasteiger partial charge is 0.444 e. The summed E-state index contributed by atoms with van der Waals surface area (Å²) in [5, 5.41) is 3.58. The average molecular weight is 424 g/mol. The van der Waals surface area contributed by atoms with Crippen LogP contribution >= 0.6 is 38.9 Å². The third-order valence-corrected chi connectivity index (χ3v) is 6.12. The Morgan fingerprint density at radius 1 is 1.48 bits per heavy atom. The maximum absolute atomic E-state index is 12.2. The van der Waals surface area contributed by atoms with E-state index < -0.39 is 5.60 Å². The molecule has 1 amide bonds. The van der Waals surface area contributed by atoms with Crippen LogP contribution in [0.2, 0.25) is 4.34 Å². The van der Waals surface area contributed by atoms with Gasteiger partial charge in [0.1, 0.15) is 9.94 Å². The first-order valence-corrected chi connectivity index (χ1v) is 9.88. The van der Waals surface area contributed by atoms with Gasteiger partial charge in [-0.1, -0.05) is 11.6 Å². The highest BCUT2D eigenvalue weighted by molar-refractivity contribution is 9.10. The molecule has 7 heteroatoms. The second kappa shape index (κ2) is 8.19. The molecule has 2 heterocycles. The van der Waals surface area contributed by atoms with Crippen LogP contribution in [0.4, 0.5) is 4.79 Å². The Morgan fingerprint density at radius 2 is 2.22 bits per heavy atom. The molecule has 2 rings (SSSR count). The minimum absolute atomic E-state index is 0.202. The normalized spacial score (nSPS) is 19.5. The zero-order valence-electron chi connectivity index (χ0n) is 13.8. The van der Waals surface area contributed by atoms with E-state index in [1.165, 1.54) is 4.88 Å². The molecule has 1 unspecified atom stereocenters. The van der Waals surface area contributed by atoms with Crippen LogP contribution in [0.25, 0.3) is 0 Å². The predicted octanol–water partition coefficient (Wildman–Crippen LogP) is 5.04. The number of ether oxygens (including phenoxy) is 1. The molecule has 1 fully saturated rings. The van der Waals surface area contributed by atoms with Crippen molar-refractivity contribution in [1.82, 2.24) is 10.2 Å². The molecular formula is C16H24BrClN2O2S. The predicted molar refractivity (Wildman–Crippen MR) is 99.3 cm³/mol. The molecule has 4 nitrogen and oxygen atoms in total. The van der Waals surface area contributed by atoms with Gasteiger partial charge >= 0.3 is 6.09 Å². The van der Waals surface area contributed by atoms with Crippen molar-refractivity contribution in [3.8, 4) is 0 Å². The first-order valence-electron chi connectivity index (χ1n) is 7.89. The molecule has 0 bridgehead atoms. The van der Waals surface area contributed by atoms with Crippen LogP contribution in [0.1, 0.15) is 44.9 Å². The number of nitrogens with one attached hydrogen (secondary N) is 1. The van der Waals surface area contributed by atoms with Crippen molar-refractivity contribution in [2.24, 2.45) is 0 Å². The summed E-state index contributed by atoms with van der Waals surface area (Å²) in [6, 6.07) is 2.48. The van der Waals surface area contributed by atoms with Crippen LogP contribution in [0.5, 0.6) is 0 Å². The number of amides is 1. The SMILES string of the molecule is CC(C)(C)OC(=O)N1CCCC(NCc2cc(Br)c(Cl)s2)CC1. The van der Waals surface area contributed by atoms with Crippen LogP contribution in [0, 0.1) is 0 Å². The van der Waals surface area contributed by atoms with Crippen molar-refractivity contribution in [2.45, 2.75) is 58.2 Å². The summed E-state index contributed by atoms with van der Waals surface area (Å²) in [6.07, 6.45) is 2.80. The Labute approximate surface area is 155 Å². The summed E-state index contributed by atoms with van der Waals surface area (Å²) in [4.78, 5) is 15.2. The third kappa shape index (κ3) is 6.25. The molecule has 1 aliphatic rings. The summed E-state index contributed by atoms with van der Waals surface area (Å²) in [7, 11) is 0. The Kier molecular flexibility index (Phi) is 6.77. The van der Waals surface area contributed by atoms with Crippen LogP contribution < -0.4 is 5.32 Å². The summed E-state index contributed by atoms with van der Waals surface area (Å²) in [5.41, 5.74) is -0.438. The number of hydrogen-bond acceptors (Lipinski definition) is 4. The van der Waals surface area contributed by atoms with E-state index in [1.807, 2.05) is 25.7 Å². The highest BCUT2D eigenvalue weighted by atomic mass is 79.9. The molecule has 130 valence electrons. The van der Waals surface area contributed by atoms with E-state index in [0.29, 0.717) is 6.04 Å². The first kappa shape index (κ1) is 19.0. The Bertz CT molecular complexity index is 525. The fourth-order valence-corrected chi connectivity index (χ4v) is 4.27. The maximum atomic E-state index is 12.2. The molecule has 0 radical (unpaired) electrons. The van der Waals surface area contributed by atoms with Crippen LogP contribution in [0.3, 0.4) is 0 Å². The van der Waals surface area contributed by atoms with Gasteiger partial charge in [0.25, 0.3) is 0 Å². The quantitative estimate of drug-likeness (QED) is 0.740. The van der Waals surface area contributed by atoms with Gasteiger partial charge in [-0.25, -0.2) is 4.79 Å². The Hall–Kier alpha value is -0.300. The lowest BCUT2D eigenvalue weighted by molar-refractivity contribution is 0.0256. The highest BCUT2D eigenvalue weighted by Crippen LogP contribution is 2.32. The topological polar surface area (TPSA) is 41.6 Å². The van der Waals surface area contributed by atoms with Crippen LogP contribution in [-0.4, -0.2) is 35.7 Å². The zero-order valence-corrected chi connectivity index (χ0v) is 17.0. The van der Waals surface area contributed by atoms with Gasteiger partial charge in [0.2, 0.25) is 0 Å². The van der Waals surface area contributed by atoms with Crippen molar-refractivity contribution in [1.29, 1.82) is 0 Å². The number of carbonyl (C=O) groups excluding carboxylic acids is 1. The van der Waals surface area contributed by atoms with Gasteiger partial charge in [-0.05, 0) is 62.0 Å². The standard InChI is InChI=1S/C16H24BrClN2O2S/c1-16(2,3)22-15(21)20-7-4-5-11(6-8-20)19-10-12-9-13(17)14(18)23-12/h9,11,19H,4-8,10H2,1-3H3. The molecule has 1 aromatic heterocycles. The summed E-state index contributed by atoms with van der Waals surface area (Å²) in [6.45, 7) is 8.02. The minimum Gasteiger partial charge on any atom is -0.444 e. The van der Waals surface area contributed by atoms with E-state index >= 15 is 0 Å². The number of likely N-dealkylation sites (tertiary alicyclic amines) is 1. The van der Waals surface area contributed by atoms with Gasteiger partial charge in [0, 0.05) is 35.0 Å².